The summed E-state index contributed by atoms with van der Waals surface area (Å²) in [7, 11) is 0. The van der Waals surface area contributed by atoms with E-state index in [1.54, 1.807) is 10.7 Å². The van der Waals surface area contributed by atoms with Gasteiger partial charge in [0.1, 0.15) is 0 Å². The highest BCUT2D eigenvalue weighted by atomic mass is 35.5. The van der Waals surface area contributed by atoms with Gasteiger partial charge in [-0.15, -0.1) is 12.4 Å². The molecule has 2 N–H and O–H groups in total. The summed E-state index contributed by atoms with van der Waals surface area (Å²) in [5, 5.41) is 10.8. The molecule has 0 radical (unpaired) electrons. The Morgan fingerprint density at radius 3 is 2.48 bits per heavy atom. The van der Waals surface area contributed by atoms with Crippen molar-refractivity contribution < 1.29 is 4.79 Å². The molecule has 1 aliphatic rings. The number of rotatable bonds is 6. The zero-order valence-electron chi connectivity index (χ0n) is 14.5. The molecule has 0 spiro atoms. The minimum Gasteiger partial charge on any atom is -0.349 e. The first-order chi connectivity index (χ1) is 11.8. The van der Waals surface area contributed by atoms with Gasteiger partial charge in [0.2, 0.25) is 0 Å². The van der Waals surface area contributed by atoms with E-state index >= 15 is 0 Å². The van der Waals surface area contributed by atoms with Gasteiger partial charge in [0.05, 0.1) is 5.69 Å². The number of para-hydroxylation sites is 1. The second kappa shape index (κ2) is 10.2. The molecule has 2 aromatic rings. The second-order valence-corrected chi connectivity index (χ2v) is 6.38. The van der Waals surface area contributed by atoms with E-state index in [1.165, 1.54) is 38.5 Å². The predicted octanol–water partition coefficient (Wildman–Crippen LogP) is 3.34. The van der Waals surface area contributed by atoms with Crippen molar-refractivity contribution in [1.29, 1.82) is 0 Å². The SMILES string of the molecule is Cl.O=C(NCCNC1CCCCCC1)c1ccn(-c2ccccc2)n1. The lowest BCUT2D eigenvalue weighted by atomic mass is 10.1. The maximum atomic E-state index is 12.2. The Labute approximate surface area is 155 Å². The lowest BCUT2D eigenvalue weighted by Gasteiger charge is -2.16. The molecule has 0 bridgehead atoms. The van der Waals surface area contributed by atoms with Gasteiger partial charge in [0.15, 0.2) is 5.69 Å². The minimum absolute atomic E-state index is 0. The first-order valence-corrected chi connectivity index (χ1v) is 8.95. The summed E-state index contributed by atoms with van der Waals surface area (Å²) in [5.74, 6) is -0.118. The van der Waals surface area contributed by atoms with Crippen LogP contribution in [0.4, 0.5) is 0 Å². The fourth-order valence-corrected chi connectivity index (χ4v) is 3.20. The molecule has 1 heterocycles. The summed E-state index contributed by atoms with van der Waals surface area (Å²) in [4.78, 5) is 12.2. The lowest BCUT2D eigenvalue weighted by molar-refractivity contribution is 0.0948. The Balaban J connectivity index is 0.00000225. The molecular formula is C19H27ClN4O. The van der Waals surface area contributed by atoms with Crippen LogP contribution in [0.1, 0.15) is 49.0 Å². The van der Waals surface area contributed by atoms with E-state index < -0.39 is 0 Å². The third kappa shape index (κ3) is 5.87. The van der Waals surface area contributed by atoms with Crippen LogP contribution in [0.3, 0.4) is 0 Å². The average molecular weight is 363 g/mol. The van der Waals surface area contributed by atoms with Gasteiger partial charge in [-0.25, -0.2) is 4.68 Å². The maximum absolute atomic E-state index is 12.2. The molecule has 3 rings (SSSR count). The summed E-state index contributed by atoms with van der Waals surface area (Å²) < 4.78 is 1.72. The van der Waals surface area contributed by atoms with Crippen LogP contribution in [0.5, 0.6) is 0 Å². The zero-order valence-corrected chi connectivity index (χ0v) is 15.3. The number of hydrogen-bond acceptors (Lipinski definition) is 3. The number of benzene rings is 1. The van der Waals surface area contributed by atoms with Crippen molar-refractivity contribution in [2.75, 3.05) is 13.1 Å². The Hall–Kier alpha value is -1.85. The Morgan fingerprint density at radius 1 is 1.04 bits per heavy atom. The van der Waals surface area contributed by atoms with Gasteiger partial charge < -0.3 is 10.6 Å². The fourth-order valence-electron chi connectivity index (χ4n) is 3.20. The molecule has 1 aromatic heterocycles. The van der Waals surface area contributed by atoms with Crippen LogP contribution in [-0.2, 0) is 0 Å². The molecule has 1 fully saturated rings. The normalized spacial score (nSPS) is 15.2. The molecule has 1 aromatic carbocycles. The third-order valence-corrected chi connectivity index (χ3v) is 4.54. The molecule has 136 valence electrons. The highest BCUT2D eigenvalue weighted by Crippen LogP contribution is 2.16. The van der Waals surface area contributed by atoms with Crippen molar-refractivity contribution in [3.63, 3.8) is 0 Å². The quantitative estimate of drug-likeness (QED) is 0.612. The highest BCUT2D eigenvalue weighted by molar-refractivity contribution is 5.92. The van der Waals surface area contributed by atoms with E-state index in [1.807, 2.05) is 36.5 Å². The van der Waals surface area contributed by atoms with Crippen molar-refractivity contribution in [2.45, 2.75) is 44.6 Å². The Morgan fingerprint density at radius 2 is 1.76 bits per heavy atom. The van der Waals surface area contributed by atoms with Gasteiger partial charge in [-0.1, -0.05) is 43.9 Å². The van der Waals surface area contributed by atoms with Crippen molar-refractivity contribution in [2.24, 2.45) is 0 Å². The summed E-state index contributed by atoms with van der Waals surface area (Å²) in [6, 6.07) is 12.2. The largest absolute Gasteiger partial charge is 0.349 e. The summed E-state index contributed by atoms with van der Waals surface area (Å²) in [6.45, 7) is 1.45. The zero-order chi connectivity index (χ0) is 16.6. The summed E-state index contributed by atoms with van der Waals surface area (Å²) in [5.41, 5.74) is 1.40. The number of nitrogens with one attached hydrogen (secondary N) is 2. The van der Waals surface area contributed by atoms with Gasteiger partial charge in [-0.05, 0) is 31.0 Å². The number of carbonyl (C=O) groups excluding carboxylic acids is 1. The molecule has 0 unspecified atom stereocenters. The minimum atomic E-state index is -0.118. The number of aromatic nitrogens is 2. The molecule has 1 amide bonds. The molecule has 0 aliphatic heterocycles. The molecule has 0 atom stereocenters. The van der Waals surface area contributed by atoms with Crippen LogP contribution in [0.25, 0.3) is 5.69 Å². The van der Waals surface area contributed by atoms with Gasteiger partial charge in [0.25, 0.3) is 5.91 Å². The number of amides is 1. The van der Waals surface area contributed by atoms with Crippen LogP contribution in [0, 0.1) is 0 Å². The highest BCUT2D eigenvalue weighted by Gasteiger charge is 2.12. The molecule has 0 saturated heterocycles. The van der Waals surface area contributed by atoms with E-state index in [-0.39, 0.29) is 18.3 Å². The van der Waals surface area contributed by atoms with E-state index in [2.05, 4.69) is 15.7 Å². The van der Waals surface area contributed by atoms with Gasteiger partial charge in [0, 0.05) is 25.3 Å². The number of nitrogens with zero attached hydrogens (tertiary/aromatic N) is 2. The monoisotopic (exact) mass is 362 g/mol. The number of hydrogen-bond donors (Lipinski definition) is 2. The summed E-state index contributed by atoms with van der Waals surface area (Å²) >= 11 is 0. The average Bonchev–Trinajstić information content (AvgIpc) is 2.97. The topological polar surface area (TPSA) is 59.0 Å². The first kappa shape index (κ1) is 19.5. The lowest BCUT2D eigenvalue weighted by Crippen LogP contribution is -2.37. The van der Waals surface area contributed by atoms with Crippen LogP contribution < -0.4 is 10.6 Å². The molecule has 6 heteroatoms. The predicted molar refractivity (Wildman–Crippen MR) is 103 cm³/mol. The van der Waals surface area contributed by atoms with Gasteiger partial charge >= 0.3 is 0 Å². The van der Waals surface area contributed by atoms with E-state index in [0.717, 1.165) is 12.2 Å². The summed E-state index contributed by atoms with van der Waals surface area (Å²) in [6.07, 6.45) is 9.69. The van der Waals surface area contributed by atoms with Gasteiger partial charge in [-0.2, -0.15) is 5.10 Å². The van der Waals surface area contributed by atoms with Crippen molar-refractivity contribution >= 4 is 18.3 Å². The smallest absolute Gasteiger partial charge is 0.271 e. The fraction of sp³-hybridized carbons (Fsp3) is 0.474. The maximum Gasteiger partial charge on any atom is 0.271 e. The van der Waals surface area contributed by atoms with E-state index in [9.17, 15) is 4.79 Å². The van der Waals surface area contributed by atoms with Crippen LogP contribution in [0.2, 0.25) is 0 Å². The first-order valence-electron chi connectivity index (χ1n) is 8.95. The third-order valence-electron chi connectivity index (χ3n) is 4.54. The van der Waals surface area contributed by atoms with Crippen molar-refractivity contribution in [1.82, 2.24) is 20.4 Å². The second-order valence-electron chi connectivity index (χ2n) is 6.38. The molecule has 1 saturated carbocycles. The number of halogens is 1. The number of carbonyl (C=O) groups is 1. The van der Waals surface area contributed by atoms with Crippen LogP contribution in [0.15, 0.2) is 42.6 Å². The molecule has 25 heavy (non-hydrogen) atoms. The molecule has 5 nitrogen and oxygen atoms in total. The Bertz CT molecular complexity index is 636. The van der Waals surface area contributed by atoms with Crippen molar-refractivity contribution in [3.05, 3.63) is 48.3 Å². The van der Waals surface area contributed by atoms with E-state index in [4.69, 9.17) is 0 Å². The van der Waals surface area contributed by atoms with Crippen LogP contribution in [-0.4, -0.2) is 34.8 Å². The molecular weight excluding hydrogens is 336 g/mol. The van der Waals surface area contributed by atoms with Crippen LogP contribution >= 0.6 is 12.4 Å². The van der Waals surface area contributed by atoms with E-state index in [0.29, 0.717) is 18.3 Å². The molecule has 1 aliphatic carbocycles. The van der Waals surface area contributed by atoms with Gasteiger partial charge in [-0.3, -0.25) is 4.79 Å². The standard InChI is InChI=1S/C19H26N4O.ClH/c24-19(21-14-13-20-16-8-4-1-2-5-9-16)18-12-15-23(22-18)17-10-6-3-7-11-17;/h3,6-7,10-12,15-16,20H,1-2,4-5,8-9,13-14H2,(H,21,24);1H. The Kier molecular flexibility index (Phi) is 7.95. The van der Waals surface area contributed by atoms with Crippen molar-refractivity contribution in [3.8, 4) is 5.69 Å².